The lowest BCUT2D eigenvalue weighted by molar-refractivity contribution is -0.0858. The second-order valence-electron chi connectivity index (χ2n) is 5.79. The zero-order valence-electron chi connectivity index (χ0n) is 11.3. The van der Waals surface area contributed by atoms with Crippen LogP contribution in [0, 0.1) is 11.8 Å². The predicted molar refractivity (Wildman–Crippen MR) is 69.4 cm³/mol. The zero-order chi connectivity index (χ0) is 12.0. The highest BCUT2D eigenvalue weighted by Gasteiger charge is 2.34. The van der Waals surface area contributed by atoms with Gasteiger partial charge in [0.25, 0.3) is 0 Å². The Labute approximate surface area is 101 Å². The van der Waals surface area contributed by atoms with Gasteiger partial charge in [0.2, 0.25) is 0 Å². The molecule has 0 aromatic carbocycles. The molecule has 1 saturated carbocycles. The fraction of sp³-hybridized carbons (Fsp3) is 1.00. The Balaban J connectivity index is 2.40. The molecule has 0 aromatic heterocycles. The van der Waals surface area contributed by atoms with Gasteiger partial charge in [0.05, 0.1) is 5.60 Å². The monoisotopic (exact) mass is 227 g/mol. The topological polar surface area (TPSA) is 35.2 Å². The van der Waals surface area contributed by atoms with E-state index in [2.05, 4.69) is 20.8 Å². The summed E-state index contributed by atoms with van der Waals surface area (Å²) in [6.45, 7) is 8.41. The first kappa shape index (κ1) is 14.0. The Kier molecular flexibility index (Phi) is 5.77. The van der Waals surface area contributed by atoms with Crippen molar-refractivity contribution in [2.45, 2.75) is 64.9 Å². The van der Waals surface area contributed by atoms with Gasteiger partial charge >= 0.3 is 0 Å². The summed E-state index contributed by atoms with van der Waals surface area (Å²) in [6.07, 6.45) is 7.44. The lowest BCUT2D eigenvalue weighted by Gasteiger charge is -2.39. The van der Waals surface area contributed by atoms with Crippen molar-refractivity contribution < 1.29 is 4.74 Å². The minimum absolute atomic E-state index is 0.000329. The second-order valence-corrected chi connectivity index (χ2v) is 5.79. The van der Waals surface area contributed by atoms with Crippen LogP contribution in [0.3, 0.4) is 0 Å². The van der Waals surface area contributed by atoms with Crippen LogP contribution in [0.4, 0.5) is 0 Å². The molecule has 0 aliphatic heterocycles. The van der Waals surface area contributed by atoms with Crippen molar-refractivity contribution >= 4 is 0 Å². The molecule has 2 N–H and O–H groups in total. The van der Waals surface area contributed by atoms with E-state index in [1.807, 2.05) is 0 Å². The number of nitrogens with two attached hydrogens (primary N) is 1. The van der Waals surface area contributed by atoms with Crippen LogP contribution in [0.1, 0.15) is 59.3 Å². The first-order chi connectivity index (χ1) is 7.62. The molecule has 0 saturated heterocycles. The van der Waals surface area contributed by atoms with E-state index in [1.54, 1.807) is 0 Å². The highest BCUT2D eigenvalue weighted by molar-refractivity contribution is 4.88. The molecule has 1 aliphatic rings. The van der Waals surface area contributed by atoms with Gasteiger partial charge in [-0.05, 0) is 31.1 Å². The molecule has 0 radical (unpaired) electrons. The van der Waals surface area contributed by atoms with Crippen LogP contribution in [0.5, 0.6) is 0 Å². The van der Waals surface area contributed by atoms with Gasteiger partial charge in [0.1, 0.15) is 0 Å². The van der Waals surface area contributed by atoms with Gasteiger partial charge in [-0.15, -0.1) is 0 Å². The highest BCUT2D eigenvalue weighted by Crippen LogP contribution is 2.34. The molecule has 16 heavy (non-hydrogen) atoms. The van der Waals surface area contributed by atoms with Crippen molar-refractivity contribution in [1.82, 2.24) is 0 Å². The van der Waals surface area contributed by atoms with Crippen LogP contribution in [-0.4, -0.2) is 18.8 Å². The third-order valence-corrected chi connectivity index (χ3v) is 3.88. The molecule has 0 aromatic rings. The molecule has 3 unspecified atom stereocenters. The molecule has 96 valence electrons. The highest BCUT2D eigenvalue weighted by atomic mass is 16.5. The van der Waals surface area contributed by atoms with E-state index in [0.717, 1.165) is 25.4 Å². The molecule has 0 spiro atoms. The van der Waals surface area contributed by atoms with Gasteiger partial charge in [-0.3, -0.25) is 0 Å². The van der Waals surface area contributed by atoms with Gasteiger partial charge in [0.15, 0.2) is 0 Å². The lowest BCUT2D eigenvalue weighted by atomic mass is 9.78. The first-order valence-corrected chi connectivity index (χ1v) is 6.96. The van der Waals surface area contributed by atoms with Crippen molar-refractivity contribution in [3.63, 3.8) is 0 Å². The largest absolute Gasteiger partial charge is 0.373 e. The third-order valence-electron chi connectivity index (χ3n) is 3.88. The first-order valence-electron chi connectivity index (χ1n) is 6.96. The van der Waals surface area contributed by atoms with E-state index >= 15 is 0 Å². The summed E-state index contributed by atoms with van der Waals surface area (Å²) in [5.41, 5.74) is 5.94. The van der Waals surface area contributed by atoms with E-state index in [0.29, 0.717) is 12.5 Å². The molecule has 3 atom stereocenters. The van der Waals surface area contributed by atoms with Crippen LogP contribution >= 0.6 is 0 Å². The zero-order valence-corrected chi connectivity index (χ0v) is 11.3. The Morgan fingerprint density at radius 1 is 1.50 bits per heavy atom. The molecule has 0 heterocycles. The van der Waals surface area contributed by atoms with Gasteiger partial charge in [-0.2, -0.15) is 0 Å². The summed E-state index contributed by atoms with van der Waals surface area (Å²) in [7, 11) is 0. The Morgan fingerprint density at radius 3 is 2.81 bits per heavy atom. The number of rotatable bonds is 6. The van der Waals surface area contributed by atoms with E-state index in [9.17, 15) is 0 Å². The fourth-order valence-electron chi connectivity index (χ4n) is 2.88. The normalized spacial score (nSPS) is 32.6. The number of hydrogen-bond acceptors (Lipinski definition) is 2. The quantitative estimate of drug-likeness (QED) is 0.755. The maximum Gasteiger partial charge on any atom is 0.0806 e. The standard InChI is InChI=1S/C14H29NO/c1-4-6-13(3)10-16-14(11-15)8-5-7-12(2)9-14/h12-13H,4-11,15H2,1-3H3. The van der Waals surface area contributed by atoms with Crippen molar-refractivity contribution in [2.24, 2.45) is 17.6 Å². The molecule has 1 rings (SSSR count). The SMILES string of the molecule is CCCC(C)COC1(CN)CCCC(C)C1. The molecule has 1 fully saturated rings. The summed E-state index contributed by atoms with van der Waals surface area (Å²) in [4.78, 5) is 0. The molecule has 2 heteroatoms. The minimum atomic E-state index is -0.000329. The van der Waals surface area contributed by atoms with Crippen LogP contribution < -0.4 is 5.73 Å². The van der Waals surface area contributed by atoms with E-state index in [4.69, 9.17) is 10.5 Å². The van der Waals surface area contributed by atoms with E-state index in [1.165, 1.54) is 25.7 Å². The van der Waals surface area contributed by atoms with Gasteiger partial charge < -0.3 is 10.5 Å². The molecule has 0 bridgehead atoms. The summed E-state index contributed by atoms with van der Waals surface area (Å²) >= 11 is 0. The van der Waals surface area contributed by atoms with Crippen molar-refractivity contribution in [3.8, 4) is 0 Å². The van der Waals surface area contributed by atoms with Crippen molar-refractivity contribution in [1.29, 1.82) is 0 Å². The minimum Gasteiger partial charge on any atom is -0.373 e. The average Bonchev–Trinajstić information content (AvgIpc) is 2.27. The molecular weight excluding hydrogens is 198 g/mol. The Bertz CT molecular complexity index is 195. The van der Waals surface area contributed by atoms with Crippen LogP contribution in [0.2, 0.25) is 0 Å². The molecular formula is C14H29NO. The van der Waals surface area contributed by atoms with Crippen molar-refractivity contribution in [2.75, 3.05) is 13.2 Å². The Hall–Kier alpha value is -0.0800. The fourth-order valence-corrected chi connectivity index (χ4v) is 2.88. The summed E-state index contributed by atoms with van der Waals surface area (Å²) in [5, 5.41) is 0. The lowest BCUT2D eigenvalue weighted by Crippen LogP contribution is -2.45. The van der Waals surface area contributed by atoms with Gasteiger partial charge in [-0.25, -0.2) is 0 Å². The molecule has 0 amide bonds. The Morgan fingerprint density at radius 2 is 2.25 bits per heavy atom. The molecule has 1 aliphatic carbocycles. The maximum atomic E-state index is 6.18. The number of ether oxygens (including phenoxy) is 1. The van der Waals surface area contributed by atoms with Gasteiger partial charge in [-0.1, -0.05) is 40.0 Å². The summed E-state index contributed by atoms with van der Waals surface area (Å²) < 4.78 is 6.18. The summed E-state index contributed by atoms with van der Waals surface area (Å²) in [6, 6.07) is 0. The van der Waals surface area contributed by atoms with Crippen molar-refractivity contribution in [3.05, 3.63) is 0 Å². The van der Waals surface area contributed by atoms with E-state index in [-0.39, 0.29) is 5.60 Å². The second kappa shape index (κ2) is 6.61. The average molecular weight is 227 g/mol. The summed E-state index contributed by atoms with van der Waals surface area (Å²) in [5.74, 6) is 1.45. The predicted octanol–water partition coefficient (Wildman–Crippen LogP) is 3.35. The third kappa shape index (κ3) is 4.06. The molecule has 2 nitrogen and oxygen atoms in total. The van der Waals surface area contributed by atoms with Crippen LogP contribution in [0.25, 0.3) is 0 Å². The maximum absolute atomic E-state index is 6.18. The van der Waals surface area contributed by atoms with Crippen LogP contribution in [0.15, 0.2) is 0 Å². The van der Waals surface area contributed by atoms with Crippen LogP contribution in [-0.2, 0) is 4.74 Å². The van der Waals surface area contributed by atoms with E-state index < -0.39 is 0 Å². The number of hydrogen-bond donors (Lipinski definition) is 1. The van der Waals surface area contributed by atoms with Gasteiger partial charge in [0, 0.05) is 13.2 Å². The smallest absolute Gasteiger partial charge is 0.0806 e.